The molecular weight excluding hydrogens is 228 g/mol. The van der Waals surface area contributed by atoms with Crippen LogP contribution in [-0.2, 0) is 0 Å². The van der Waals surface area contributed by atoms with Gasteiger partial charge in [0.05, 0.1) is 0 Å². The van der Waals surface area contributed by atoms with Gasteiger partial charge in [0.2, 0.25) is 5.82 Å². The second-order valence-electron chi connectivity index (χ2n) is 3.48. The maximum Gasteiger partial charge on any atom is 0.321 e. The highest BCUT2D eigenvalue weighted by molar-refractivity contribution is 5.55. The molecule has 0 amide bonds. The molecule has 0 saturated heterocycles. The second kappa shape index (κ2) is 4.90. The quantitative estimate of drug-likeness (QED) is 0.891. The summed E-state index contributed by atoms with van der Waals surface area (Å²) < 4.78 is 30.6. The van der Waals surface area contributed by atoms with Crippen molar-refractivity contribution in [1.82, 2.24) is 10.1 Å². The maximum atomic E-state index is 13.0. The van der Waals surface area contributed by atoms with Gasteiger partial charge >= 0.3 is 6.01 Å². The van der Waals surface area contributed by atoms with Crippen molar-refractivity contribution in [3.63, 3.8) is 0 Å². The summed E-state index contributed by atoms with van der Waals surface area (Å²) in [5.41, 5.74) is 0.372. The molecule has 0 fully saturated rings. The Bertz CT molecular complexity index is 513. The third kappa shape index (κ3) is 2.58. The van der Waals surface area contributed by atoms with Crippen LogP contribution in [0.4, 0.5) is 14.8 Å². The summed E-state index contributed by atoms with van der Waals surface area (Å²) in [5.74, 6) is -1.61. The summed E-state index contributed by atoms with van der Waals surface area (Å²) in [6, 6.07) is 3.73. The van der Waals surface area contributed by atoms with E-state index in [2.05, 4.69) is 15.5 Å². The summed E-state index contributed by atoms with van der Waals surface area (Å²) >= 11 is 0. The van der Waals surface area contributed by atoms with Crippen LogP contribution in [0.3, 0.4) is 0 Å². The molecule has 0 saturated carbocycles. The zero-order valence-electron chi connectivity index (χ0n) is 9.20. The zero-order valence-corrected chi connectivity index (χ0v) is 9.20. The largest absolute Gasteiger partial charge is 0.338 e. The van der Waals surface area contributed by atoms with E-state index in [4.69, 9.17) is 4.52 Å². The lowest BCUT2D eigenvalue weighted by Crippen LogP contribution is -1.99. The van der Waals surface area contributed by atoms with Gasteiger partial charge < -0.3 is 9.84 Å². The first-order valence-corrected chi connectivity index (χ1v) is 5.23. The molecule has 6 heteroatoms. The number of anilines is 1. The number of hydrogen-bond donors (Lipinski definition) is 1. The van der Waals surface area contributed by atoms with E-state index in [0.29, 0.717) is 12.1 Å². The Morgan fingerprint density at radius 3 is 2.82 bits per heavy atom. The molecule has 1 aromatic carbocycles. The van der Waals surface area contributed by atoms with Gasteiger partial charge in [0, 0.05) is 12.1 Å². The minimum absolute atomic E-state index is 0.225. The van der Waals surface area contributed by atoms with E-state index >= 15 is 0 Å². The van der Waals surface area contributed by atoms with Crippen molar-refractivity contribution in [2.75, 3.05) is 11.9 Å². The van der Waals surface area contributed by atoms with Gasteiger partial charge in [-0.2, -0.15) is 4.98 Å². The summed E-state index contributed by atoms with van der Waals surface area (Å²) in [5, 5.41) is 6.57. The number of aromatic nitrogens is 2. The Labute approximate surface area is 96.6 Å². The molecule has 0 bridgehead atoms. The number of hydrogen-bond acceptors (Lipinski definition) is 4. The summed E-state index contributed by atoms with van der Waals surface area (Å²) in [6.07, 6.45) is 0.920. The van der Waals surface area contributed by atoms with Crippen molar-refractivity contribution < 1.29 is 13.3 Å². The predicted octanol–water partition coefficient (Wildman–Crippen LogP) is 2.84. The molecule has 0 spiro atoms. The molecule has 1 heterocycles. The molecular formula is C11H11F2N3O. The van der Waals surface area contributed by atoms with Crippen LogP contribution < -0.4 is 5.32 Å². The molecule has 2 rings (SSSR count). The van der Waals surface area contributed by atoms with Gasteiger partial charge in [-0.25, -0.2) is 8.78 Å². The minimum atomic E-state index is -0.935. The van der Waals surface area contributed by atoms with Crippen molar-refractivity contribution in [2.24, 2.45) is 0 Å². The van der Waals surface area contributed by atoms with E-state index in [9.17, 15) is 8.78 Å². The molecule has 0 unspecified atom stereocenters. The predicted molar refractivity (Wildman–Crippen MR) is 58.4 cm³/mol. The summed E-state index contributed by atoms with van der Waals surface area (Å²) in [7, 11) is 0. The third-order valence-electron chi connectivity index (χ3n) is 2.13. The molecule has 0 aliphatic heterocycles. The van der Waals surface area contributed by atoms with Crippen molar-refractivity contribution in [1.29, 1.82) is 0 Å². The monoisotopic (exact) mass is 239 g/mol. The van der Waals surface area contributed by atoms with Crippen LogP contribution in [0, 0.1) is 11.6 Å². The van der Waals surface area contributed by atoms with E-state index in [0.717, 1.165) is 18.6 Å². The summed E-state index contributed by atoms with van der Waals surface area (Å²) in [4.78, 5) is 4.01. The fraction of sp³-hybridized carbons (Fsp3) is 0.273. The van der Waals surface area contributed by atoms with Gasteiger partial charge in [-0.3, -0.25) is 0 Å². The van der Waals surface area contributed by atoms with E-state index in [1.807, 2.05) is 6.92 Å². The molecule has 0 aliphatic rings. The third-order valence-corrected chi connectivity index (χ3v) is 2.13. The Morgan fingerprint density at radius 2 is 2.12 bits per heavy atom. The SMILES string of the molecule is CCCNc1nc(-c2ccc(F)c(F)c2)no1. The first kappa shape index (κ1) is 11.5. The molecule has 2 aromatic rings. The first-order valence-electron chi connectivity index (χ1n) is 5.23. The highest BCUT2D eigenvalue weighted by atomic mass is 19.2. The van der Waals surface area contributed by atoms with E-state index < -0.39 is 11.6 Å². The average molecular weight is 239 g/mol. The molecule has 17 heavy (non-hydrogen) atoms. The normalized spacial score (nSPS) is 10.5. The van der Waals surface area contributed by atoms with Gasteiger partial charge in [0.25, 0.3) is 0 Å². The van der Waals surface area contributed by atoms with Crippen LogP contribution >= 0.6 is 0 Å². The zero-order chi connectivity index (χ0) is 12.3. The number of nitrogens with one attached hydrogen (secondary N) is 1. The van der Waals surface area contributed by atoms with Crippen LogP contribution in [0.5, 0.6) is 0 Å². The molecule has 0 radical (unpaired) electrons. The van der Waals surface area contributed by atoms with Crippen molar-refractivity contribution in [3.05, 3.63) is 29.8 Å². The van der Waals surface area contributed by atoms with E-state index in [-0.39, 0.29) is 11.8 Å². The Balaban J connectivity index is 2.21. The molecule has 90 valence electrons. The molecule has 4 nitrogen and oxygen atoms in total. The van der Waals surface area contributed by atoms with Gasteiger partial charge in [-0.15, -0.1) is 0 Å². The maximum absolute atomic E-state index is 13.0. The Kier molecular flexibility index (Phi) is 3.32. The van der Waals surface area contributed by atoms with Crippen LogP contribution in [0.1, 0.15) is 13.3 Å². The lowest BCUT2D eigenvalue weighted by molar-refractivity contribution is 0.432. The van der Waals surface area contributed by atoms with Crippen LogP contribution in [-0.4, -0.2) is 16.7 Å². The minimum Gasteiger partial charge on any atom is -0.338 e. The van der Waals surface area contributed by atoms with Crippen molar-refractivity contribution in [3.8, 4) is 11.4 Å². The first-order chi connectivity index (χ1) is 8.20. The van der Waals surface area contributed by atoms with Gasteiger partial charge in [-0.05, 0) is 24.6 Å². The van der Waals surface area contributed by atoms with Crippen molar-refractivity contribution >= 4 is 6.01 Å². The summed E-state index contributed by atoms with van der Waals surface area (Å²) in [6.45, 7) is 2.71. The smallest absolute Gasteiger partial charge is 0.321 e. The number of halogens is 2. The standard InChI is InChI=1S/C11H11F2N3O/c1-2-5-14-11-15-10(16-17-11)7-3-4-8(12)9(13)6-7/h3-4,6H,2,5H2,1H3,(H,14,15,16). The van der Waals surface area contributed by atoms with Gasteiger partial charge in [0.15, 0.2) is 11.6 Å². The van der Waals surface area contributed by atoms with Gasteiger partial charge in [-0.1, -0.05) is 12.1 Å². The van der Waals surface area contributed by atoms with Crippen LogP contribution in [0.25, 0.3) is 11.4 Å². The molecule has 0 atom stereocenters. The number of benzene rings is 1. The lowest BCUT2D eigenvalue weighted by atomic mass is 10.2. The topological polar surface area (TPSA) is 51.0 Å². The number of rotatable bonds is 4. The second-order valence-corrected chi connectivity index (χ2v) is 3.48. The highest BCUT2D eigenvalue weighted by Crippen LogP contribution is 2.19. The molecule has 1 aromatic heterocycles. The number of nitrogens with zero attached hydrogens (tertiary/aromatic N) is 2. The molecule has 1 N–H and O–H groups in total. The fourth-order valence-corrected chi connectivity index (χ4v) is 1.28. The van der Waals surface area contributed by atoms with Crippen LogP contribution in [0.15, 0.2) is 22.7 Å². The van der Waals surface area contributed by atoms with E-state index in [1.54, 1.807) is 0 Å². The van der Waals surface area contributed by atoms with Crippen LogP contribution in [0.2, 0.25) is 0 Å². The van der Waals surface area contributed by atoms with E-state index in [1.165, 1.54) is 6.07 Å². The Hall–Kier alpha value is -1.98. The fourth-order valence-electron chi connectivity index (χ4n) is 1.28. The average Bonchev–Trinajstić information content (AvgIpc) is 2.79. The van der Waals surface area contributed by atoms with Gasteiger partial charge in [0.1, 0.15) is 0 Å². The van der Waals surface area contributed by atoms with Crippen molar-refractivity contribution in [2.45, 2.75) is 13.3 Å². The Morgan fingerprint density at radius 1 is 1.29 bits per heavy atom. The lowest BCUT2D eigenvalue weighted by Gasteiger charge is -1.96. The highest BCUT2D eigenvalue weighted by Gasteiger charge is 2.10. The molecule has 0 aliphatic carbocycles.